The van der Waals surface area contributed by atoms with E-state index < -0.39 is 5.91 Å². The molecule has 20 heavy (non-hydrogen) atoms. The van der Waals surface area contributed by atoms with Crippen LogP contribution in [0.5, 0.6) is 5.75 Å². The van der Waals surface area contributed by atoms with E-state index >= 15 is 0 Å². The first-order valence-electron chi connectivity index (χ1n) is 6.28. The van der Waals surface area contributed by atoms with Gasteiger partial charge in [-0.2, -0.15) is 0 Å². The van der Waals surface area contributed by atoms with Gasteiger partial charge in [0.15, 0.2) is 0 Å². The van der Waals surface area contributed by atoms with Gasteiger partial charge in [-0.05, 0) is 24.3 Å². The normalized spacial score (nSPS) is 10.0. The van der Waals surface area contributed by atoms with Crippen LogP contribution in [0.25, 0.3) is 0 Å². The van der Waals surface area contributed by atoms with Crippen molar-refractivity contribution in [3.63, 3.8) is 0 Å². The Hall–Kier alpha value is -2.69. The maximum absolute atomic E-state index is 11.3. The molecule has 1 amide bonds. The van der Waals surface area contributed by atoms with Crippen LogP contribution in [0.2, 0.25) is 0 Å². The van der Waals surface area contributed by atoms with Crippen molar-refractivity contribution >= 4 is 17.3 Å². The lowest BCUT2D eigenvalue weighted by Gasteiger charge is -2.11. The molecule has 0 aliphatic heterocycles. The van der Waals surface area contributed by atoms with Gasteiger partial charge in [0.25, 0.3) is 5.91 Å². The molecule has 0 atom stereocenters. The summed E-state index contributed by atoms with van der Waals surface area (Å²) in [6.45, 7) is 0.972. The number of carbonyl (C=O) groups excluding carboxylic acids is 1. The van der Waals surface area contributed by atoms with Crippen molar-refractivity contribution in [1.82, 2.24) is 0 Å². The topological polar surface area (TPSA) is 90.4 Å². The summed E-state index contributed by atoms with van der Waals surface area (Å²) in [5.74, 6) is 0.193. The molecule has 0 heterocycles. The van der Waals surface area contributed by atoms with E-state index in [1.165, 1.54) is 0 Å². The molecule has 2 aromatic rings. The molecule has 104 valence electrons. The number of primary amides is 1. The molecule has 2 aromatic carbocycles. The van der Waals surface area contributed by atoms with Crippen molar-refractivity contribution in [3.05, 3.63) is 54.1 Å². The summed E-state index contributed by atoms with van der Waals surface area (Å²) in [4.78, 5) is 11.3. The third-order valence-electron chi connectivity index (χ3n) is 2.79. The van der Waals surface area contributed by atoms with Crippen molar-refractivity contribution < 1.29 is 9.53 Å². The van der Waals surface area contributed by atoms with Gasteiger partial charge in [0.05, 0.1) is 11.3 Å². The molecule has 0 unspecified atom stereocenters. The summed E-state index contributed by atoms with van der Waals surface area (Å²) in [6, 6.07) is 14.4. The van der Waals surface area contributed by atoms with Gasteiger partial charge in [0, 0.05) is 12.2 Å². The molecule has 0 spiro atoms. The number of amides is 1. The Morgan fingerprint density at radius 2 is 1.80 bits per heavy atom. The molecule has 5 N–H and O–H groups in total. The van der Waals surface area contributed by atoms with Gasteiger partial charge in [-0.25, -0.2) is 0 Å². The zero-order valence-corrected chi connectivity index (χ0v) is 11.0. The quantitative estimate of drug-likeness (QED) is 0.552. The van der Waals surface area contributed by atoms with Gasteiger partial charge in [0.2, 0.25) is 0 Å². The average molecular weight is 271 g/mol. The van der Waals surface area contributed by atoms with Crippen LogP contribution < -0.4 is 21.5 Å². The molecular weight excluding hydrogens is 254 g/mol. The zero-order chi connectivity index (χ0) is 14.4. The Morgan fingerprint density at radius 1 is 1.10 bits per heavy atom. The van der Waals surface area contributed by atoms with E-state index in [0.717, 1.165) is 0 Å². The fraction of sp³-hybridized carbons (Fsp3) is 0.133. The third-order valence-corrected chi connectivity index (χ3v) is 2.79. The van der Waals surface area contributed by atoms with E-state index in [2.05, 4.69) is 5.32 Å². The van der Waals surface area contributed by atoms with Crippen molar-refractivity contribution in [2.45, 2.75) is 0 Å². The first-order chi connectivity index (χ1) is 9.68. The molecule has 0 aliphatic carbocycles. The molecule has 0 bridgehead atoms. The molecule has 0 fully saturated rings. The van der Waals surface area contributed by atoms with Gasteiger partial charge in [0.1, 0.15) is 12.4 Å². The van der Waals surface area contributed by atoms with Crippen molar-refractivity contribution in [2.75, 3.05) is 24.2 Å². The summed E-state index contributed by atoms with van der Waals surface area (Å²) < 4.78 is 5.56. The Bertz CT molecular complexity index is 599. The van der Waals surface area contributed by atoms with Crippen molar-refractivity contribution in [3.8, 4) is 5.75 Å². The molecule has 0 saturated carbocycles. The van der Waals surface area contributed by atoms with Crippen LogP contribution in [0.15, 0.2) is 48.5 Å². The number of hydrogen-bond donors (Lipinski definition) is 3. The zero-order valence-electron chi connectivity index (χ0n) is 11.0. The number of anilines is 2. The lowest BCUT2D eigenvalue weighted by atomic mass is 10.1. The van der Waals surface area contributed by atoms with E-state index in [0.29, 0.717) is 35.8 Å². The largest absolute Gasteiger partial charge is 0.490 e. The minimum Gasteiger partial charge on any atom is -0.490 e. The summed E-state index contributed by atoms with van der Waals surface area (Å²) >= 11 is 0. The minimum atomic E-state index is -0.457. The van der Waals surface area contributed by atoms with Crippen LogP contribution in [0, 0.1) is 0 Å². The molecule has 5 heteroatoms. The van der Waals surface area contributed by atoms with Crippen LogP contribution in [0.4, 0.5) is 11.4 Å². The highest BCUT2D eigenvalue weighted by atomic mass is 16.5. The van der Waals surface area contributed by atoms with Gasteiger partial charge in [-0.1, -0.05) is 24.3 Å². The predicted molar refractivity (Wildman–Crippen MR) is 79.8 cm³/mol. The number of nitrogens with two attached hydrogens (primary N) is 2. The summed E-state index contributed by atoms with van der Waals surface area (Å²) in [5, 5.41) is 3.12. The highest BCUT2D eigenvalue weighted by Crippen LogP contribution is 2.19. The average Bonchev–Trinajstić information content (AvgIpc) is 2.45. The number of rotatable bonds is 6. The van der Waals surface area contributed by atoms with Crippen LogP contribution in [0.1, 0.15) is 10.4 Å². The Labute approximate surface area is 117 Å². The highest BCUT2D eigenvalue weighted by molar-refractivity contribution is 5.98. The number of benzene rings is 2. The Morgan fingerprint density at radius 3 is 2.55 bits per heavy atom. The maximum Gasteiger partial charge on any atom is 0.250 e. The summed E-state index contributed by atoms with van der Waals surface area (Å²) in [6.07, 6.45) is 0. The van der Waals surface area contributed by atoms with Crippen molar-refractivity contribution in [1.29, 1.82) is 0 Å². The number of para-hydroxylation sites is 3. The highest BCUT2D eigenvalue weighted by Gasteiger charge is 2.06. The van der Waals surface area contributed by atoms with Gasteiger partial charge >= 0.3 is 0 Å². The van der Waals surface area contributed by atoms with Gasteiger partial charge < -0.3 is 21.5 Å². The molecule has 0 radical (unpaired) electrons. The molecule has 0 aromatic heterocycles. The Balaban J connectivity index is 1.88. The van der Waals surface area contributed by atoms with E-state index in [9.17, 15) is 4.79 Å². The third kappa shape index (κ3) is 3.41. The van der Waals surface area contributed by atoms with Crippen LogP contribution in [-0.4, -0.2) is 19.1 Å². The monoisotopic (exact) mass is 271 g/mol. The Kier molecular flexibility index (Phi) is 4.44. The first kappa shape index (κ1) is 13.7. The van der Waals surface area contributed by atoms with Gasteiger partial charge in [-0.15, -0.1) is 0 Å². The van der Waals surface area contributed by atoms with E-state index in [1.54, 1.807) is 24.3 Å². The second kappa shape index (κ2) is 6.47. The number of ether oxygens (including phenoxy) is 1. The molecule has 0 aliphatic rings. The molecule has 5 nitrogen and oxygen atoms in total. The van der Waals surface area contributed by atoms with E-state index in [4.69, 9.17) is 16.2 Å². The lowest BCUT2D eigenvalue weighted by molar-refractivity contribution is 0.100. The fourth-order valence-corrected chi connectivity index (χ4v) is 1.81. The van der Waals surface area contributed by atoms with Gasteiger partial charge in [-0.3, -0.25) is 4.79 Å². The molecule has 2 rings (SSSR count). The predicted octanol–water partition coefficient (Wildman–Crippen LogP) is 1.86. The second-order valence-corrected chi connectivity index (χ2v) is 4.22. The minimum absolute atomic E-state index is 0.432. The number of carbonyl (C=O) groups is 1. The van der Waals surface area contributed by atoms with Crippen molar-refractivity contribution in [2.24, 2.45) is 5.73 Å². The first-order valence-corrected chi connectivity index (χ1v) is 6.28. The fourth-order valence-electron chi connectivity index (χ4n) is 1.81. The molecule has 0 saturated heterocycles. The summed E-state index contributed by atoms with van der Waals surface area (Å²) in [5.41, 5.74) is 12.8. The standard InChI is InChI=1S/C15H17N3O2/c16-12-6-2-4-8-14(12)20-10-9-18-13-7-3-1-5-11(13)15(17)19/h1-8,18H,9-10,16H2,(H2,17,19). The smallest absolute Gasteiger partial charge is 0.250 e. The SMILES string of the molecule is NC(=O)c1ccccc1NCCOc1ccccc1N. The van der Waals surface area contributed by atoms with E-state index in [1.807, 2.05) is 24.3 Å². The van der Waals surface area contributed by atoms with Crippen LogP contribution in [0.3, 0.4) is 0 Å². The molecular formula is C15H17N3O2. The second-order valence-electron chi connectivity index (χ2n) is 4.22. The number of nitrogen functional groups attached to an aromatic ring is 1. The van der Waals surface area contributed by atoms with E-state index in [-0.39, 0.29) is 0 Å². The summed E-state index contributed by atoms with van der Waals surface area (Å²) in [7, 11) is 0. The maximum atomic E-state index is 11.3. The van der Waals surface area contributed by atoms with Crippen LogP contribution >= 0.6 is 0 Å². The lowest BCUT2D eigenvalue weighted by Crippen LogP contribution is -2.17. The number of hydrogen-bond acceptors (Lipinski definition) is 4. The number of nitrogens with one attached hydrogen (secondary N) is 1. The van der Waals surface area contributed by atoms with Crippen LogP contribution in [-0.2, 0) is 0 Å².